The van der Waals surface area contributed by atoms with Crippen LogP contribution in [0.2, 0.25) is 0 Å². The van der Waals surface area contributed by atoms with Gasteiger partial charge >= 0.3 is 0 Å². The lowest BCUT2D eigenvalue weighted by Gasteiger charge is -2.29. The average molecular weight is 815 g/mol. The van der Waals surface area contributed by atoms with E-state index in [9.17, 15) is 0 Å². The van der Waals surface area contributed by atoms with Gasteiger partial charge in [0.25, 0.3) is 0 Å². The molecule has 0 aliphatic heterocycles. The van der Waals surface area contributed by atoms with Crippen molar-refractivity contribution in [3.63, 3.8) is 0 Å². The van der Waals surface area contributed by atoms with Gasteiger partial charge in [-0.15, -0.1) is 0 Å². The number of rotatable bonds is 9. The minimum Gasteiger partial charge on any atom is -0.311 e. The second kappa shape index (κ2) is 15.8. The fourth-order valence-electron chi connectivity index (χ4n) is 9.65. The smallest absolute Gasteiger partial charge is 0.0540 e. The van der Waals surface area contributed by atoms with Crippen LogP contribution in [0.1, 0.15) is 0 Å². The zero-order valence-corrected chi connectivity index (χ0v) is 35.1. The van der Waals surface area contributed by atoms with Gasteiger partial charge < -0.3 is 9.80 Å². The Morgan fingerprint density at radius 3 is 1.08 bits per heavy atom. The predicted molar refractivity (Wildman–Crippen MR) is 273 cm³/mol. The third-order valence-electron chi connectivity index (χ3n) is 12.8. The van der Waals surface area contributed by atoms with Crippen LogP contribution in [0.15, 0.2) is 255 Å². The summed E-state index contributed by atoms with van der Waals surface area (Å²) in [6, 6.07) is 92.6. The molecule has 0 radical (unpaired) electrons. The van der Waals surface area contributed by atoms with Crippen molar-refractivity contribution < 1.29 is 0 Å². The third kappa shape index (κ3) is 6.61. The summed E-state index contributed by atoms with van der Waals surface area (Å²) in [6.45, 7) is 0. The molecule has 2 nitrogen and oxygen atoms in total. The van der Waals surface area contributed by atoms with Gasteiger partial charge in [0.15, 0.2) is 0 Å². The Balaban J connectivity index is 0.924. The van der Waals surface area contributed by atoms with Gasteiger partial charge in [0.05, 0.1) is 11.4 Å². The largest absolute Gasteiger partial charge is 0.311 e. The second-order valence-electron chi connectivity index (χ2n) is 16.5. The second-order valence-corrected chi connectivity index (χ2v) is 16.5. The monoisotopic (exact) mass is 814 g/mol. The molecule has 12 aromatic carbocycles. The molecule has 0 saturated carbocycles. The highest BCUT2D eigenvalue weighted by molar-refractivity contribution is 6.26. The van der Waals surface area contributed by atoms with Gasteiger partial charge in [-0.2, -0.15) is 0 Å². The molecule has 0 bridgehead atoms. The van der Waals surface area contributed by atoms with Crippen LogP contribution in [-0.2, 0) is 0 Å². The molecule has 0 aliphatic rings. The molecule has 12 rings (SSSR count). The van der Waals surface area contributed by atoms with E-state index in [1.165, 1.54) is 65.3 Å². The summed E-state index contributed by atoms with van der Waals surface area (Å²) in [5.74, 6) is 0. The van der Waals surface area contributed by atoms with E-state index in [2.05, 4.69) is 265 Å². The number of benzene rings is 12. The number of anilines is 6. The topological polar surface area (TPSA) is 6.48 Å². The van der Waals surface area contributed by atoms with Gasteiger partial charge in [0.2, 0.25) is 0 Å². The summed E-state index contributed by atoms with van der Waals surface area (Å²) in [5.41, 5.74) is 13.8. The Bertz CT molecular complexity index is 3460. The quantitative estimate of drug-likeness (QED) is 0.134. The van der Waals surface area contributed by atoms with Crippen LogP contribution in [0, 0.1) is 0 Å². The molecule has 0 amide bonds. The molecule has 300 valence electrons. The highest BCUT2D eigenvalue weighted by Crippen LogP contribution is 2.46. The normalized spacial score (nSPS) is 11.4. The Morgan fingerprint density at radius 2 is 0.547 bits per heavy atom. The van der Waals surface area contributed by atoms with Crippen LogP contribution in [-0.4, -0.2) is 0 Å². The van der Waals surface area contributed by atoms with Crippen molar-refractivity contribution in [2.24, 2.45) is 0 Å². The van der Waals surface area contributed by atoms with Crippen molar-refractivity contribution in [2.45, 2.75) is 0 Å². The SMILES string of the molecule is c1ccc(-c2ccc(N(c3ccc(-c4ccccc4)cc3)c3ccc(-c4ccc(N(c5cccc6ccccc56)c5ccc6ccc7cccc8ccc5c6c78)cc4)cc3)cc2)cc1. The summed E-state index contributed by atoms with van der Waals surface area (Å²) in [5, 5.41) is 10.1. The molecular weight excluding hydrogens is 773 g/mol. The van der Waals surface area contributed by atoms with Gasteiger partial charge in [-0.05, 0) is 126 Å². The van der Waals surface area contributed by atoms with Crippen molar-refractivity contribution in [1.29, 1.82) is 0 Å². The maximum atomic E-state index is 2.45. The average Bonchev–Trinajstić information content (AvgIpc) is 3.37. The molecule has 12 aromatic rings. The van der Waals surface area contributed by atoms with E-state index < -0.39 is 0 Å². The minimum absolute atomic E-state index is 1.09. The Labute approximate surface area is 373 Å². The lowest BCUT2D eigenvalue weighted by atomic mass is 9.93. The molecule has 0 fully saturated rings. The highest BCUT2D eigenvalue weighted by Gasteiger charge is 2.21. The zero-order valence-electron chi connectivity index (χ0n) is 35.1. The van der Waals surface area contributed by atoms with E-state index in [0.29, 0.717) is 0 Å². The van der Waals surface area contributed by atoms with Crippen LogP contribution in [0.4, 0.5) is 34.1 Å². The standard InChI is InChI=1S/C62H42N2/c1-3-11-43(12-4-1)45-23-33-53(34-24-45)63(54-35-25-46(26-36-54)44-13-5-2-6-14-44)55-37-27-47(28-38-55)48-29-39-56(40-30-48)64(59-20-10-16-49-15-7-8-19-57(49)59)60-42-32-52-22-21-50-17-9-18-51-31-41-58(60)62(52)61(50)51/h1-42H. The Hall–Kier alpha value is -8.46. The van der Waals surface area contributed by atoms with Gasteiger partial charge in [0.1, 0.15) is 0 Å². The first kappa shape index (κ1) is 37.3. The number of nitrogens with zero attached hydrogens (tertiary/aromatic N) is 2. The van der Waals surface area contributed by atoms with Gasteiger partial charge in [-0.25, -0.2) is 0 Å². The van der Waals surface area contributed by atoms with Crippen LogP contribution in [0.25, 0.3) is 76.5 Å². The van der Waals surface area contributed by atoms with E-state index >= 15 is 0 Å². The van der Waals surface area contributed by atoms with Crippen LogP contribution >= 0.6 is 0 Å². The first-order valence-corrected chi connectivity index (χ1v) is 22.0. The van der Waals surface area contributed by atoms with Crippen molar-refractivity contribution in [2.75, 3.05) is 9.80 Å². The lowest BCUT2D eigenvalue weighted by molar-refractivity contribution is 1.28. The van der Waals surface area contributed by atoms with E-state index in [4.69, 9.17) is 0 Å². The fourth-order valence-corrected chi connectivity index (χ4v) is 9.65. The predicted octanol–water partition coefficient (Wildman–Crippen LogP) is 17.7. The summed E-state index contributed by atoms with van der Waals surface area (Å²) < 4.78 is 0. The summed E-state index contributed by atoms with van der Waals surface area (Å²) in [4.78, 5) is 4.79. The summed E-state index contributed by atoms with van der Waals surface area (Å²) in [6.07, 6.45) is 0. The molecule has 0 unspecified atom stereocenters. The van der Waals surface area contributed by atoms with E-state index in [1.807, 2.05) is 0 Å². The molecule has 2 heteroatoms. The minimum atomic E-state index is 1.09. The fraction of sp³-hybridized carbons (Fsp3) is 0. The van der Waals surface area contributed by atoms with Gasteiger partial charge in [0, 0.05) is 33.5 Å². The molecule has 0 saturated heterocycles. The van der Waals surface area contributed by atoms with Crippen molar-refractivity contribution in [3.05, 3.63) is 255 Å². The van der Waals surface area contributed by atoms with E-state index in [1.54, 1.807) is 0 Å². The first-order valence-electron chi connectivity index (χ1n) is 22.0. The van der Waals surface area contributed by atoms with E-state index in [-0.39, 0.29) is 0 Å². The Kier molecular flexibility index (Phi) is 9.20. The van der Waals surface area contributed by atoms with Crippen LogP contribution < -0.4 is 9.80 Å². The Morgan fingerprint density at radius 1 is 0.188 bits per heavy atom. The van der Waals surface area contributed by atoms with E-state index in [0.717, 1.165) is 45.3 Å². The molecule has 0 N–H and O–H groups in total. The molecule has 0 spiro atoms. The molecule has 0 heterocycles. The van der Waals surface area contributed by atoms with Gasteiger partial charge in [-0.3, -0.25) is 0 Å². The summed E-state index contributed by atoms with van der Waals surface area (Å²) in [7, 11) is 0. The van der Waals surface area contributed by atoms with Crippen molar-refractivity contribution >= 4 is 77.2 Å². The van der Waals surface area contributed by atoms with Gasteiger partial charge in [-0.1, -0.05) is 194 Å². The molecule has 64 heavy (non-hydrogen) atoms. The lowest BCUT2D eigenvalue weighted by Crippen LogP contribution is -2.11. The van der Waals surface area contributed by atoms with Crippen molar-refractivity contribution in [1.82, 2.24) is 0 Å². The maximum absolute atomic E-state index is 2.45. The maximum Gasteiger partial charge on any atom is 0.0540 e. The number of hydrogen-bond acceptors (Lipinski definition) is 2. The molecular formula is C62H42N2. The molecule has 0 aliphatic carbocycles. The number of hydrogen-bond donors (Lipinski definition) is 0. The number of fused-ring (bicyclic) bond motifs is 1. The van der Waals surface area contributed by atoms with Crippen molar-refractivity contribution in [3.8, 4) is 33.4 Å². The summed E-state index contributed by atoms with van der Waals surface area (Å²) >= 11 is 0. The zero-order chi connectivity index (χ0) is 42.4. The first-order chi connectivity index (χ1) is 31.7. The molecule has 0 atom stereocenters. The van der Waals surface area contributed by atoms with Crippen LogP contribution in [0.5, 0.6) is 0 Å². The van der Waals surface area contributed by atoms with Crippen LogP contribution in [0.3, 0.4) is 0 Å². The highest BCUT2D eigenvalue weighted by atomic mass is 15.1. The molecule has 0 aromatic heterocycles. The third-order valence-corrected chi connectivity index (χ3v) is 12.8.